The zero-order valence-corrected chi connectivity index (χ0v) is 16.6. The van der Waals surface area contributed by atoms with E-state index < -0.39 is 10.0 Å². The predicted molar refractivity (Wildman–Crippen MR) is 105 cm³/mol. The molecule has 0 unspecified atom stereocenters. The molecule has 26 heavy (non-hydrogen) atoms. The number of nitrogens with zero attached hydrogens (tertiary/aromatic N) is 1. The molecular formula is C17H27ClN4O3S. The number of nitrogens with one attached hydrogen (secondary N) is 3. The molecule has 1 aliphatic rings. The average Bonchev–Trinajstić information content (AvgIpc) is 2.86. The maximum Gasteiger partial charge on any atom is 0.263 e. The van der Waals surface area contributed by atoms with Gasteiger partial charge in [0.1, 0.15) is 5.84 Å². The Balaban J connectivity index is 0.00000338. The second-order valence-electron chi connectivity index (χ2n) is 5.95. The van der Waals surface area contributed by atoms with Crippen molar-refractivity contribution in [2.45, 2.75) is 37.0 Å². The van der Waals surface area contributed by atoms with Gasteiger partial charge in [0.05, 0.1) is 4.90 Å². The first-order valence-corrected chi connectivity index (χ1v) is 10.1. The second-order valence-corrected chi connectivity index (χ2v) is 7.60. The van der Waals surface area contributed by atoms with E-state index in [1.54, 1.807) is 24.3 Å². The molecule has 1 aliphatic heterocycles. The van der Waals surface area contributed by atoms with Gasteiger partial charge in [-0.1, -0.05) is 18.6 Å². The third kappa shape index (κ3) is 6.59. The maximum atomic E-state index is 12.0. The number of carbonyl (C=O) groups excluding carboxylic acids is 1. The summed E-state index contributed by atoms with van der Waals surface area (Å²) in [6.45, 7) is 2.14. The molecule has 0 bridgehead atoms. The van der Waals surface area contributed by atoms with Crippen LogP contribution in [0.3, 0.4) is 0 Å². The largest absolute Gasteiger partial charge is 0.356 e. The number of hydrogen-bond acceptors (Lipinski definition) is 5. The standard InChI is InChI=1S/C17H26N4O3S.ClH/c1-18-11-7-13-19-16(22)10-3-2-6-12-20-17-14-8-4-5-9-15(14)25(23,24)21-17;/h4-5,8-9,18H,2-3,6-7,10-13H2,1H3,(H,19,22)(H,20,21);1H. The lowest BCUT2D eigenvalue weighted by atomic mass is 10.2. The maximum absolute atomic E-state index is 12.0. The van der Waals surface area contributed by atoms with Crippen molar-refractivity contribution in [2.75, 3.05) is 26.7 Å². The fourth-order valence-corrected chi connectivity index (χ4v) is 3.85. The van der Waals surface area contributed by atoms with Crippen molar-refractivity contribution in [1.82, 2.24) is 15.4 Å². The Kier molecular flexibility index (Phi) is 9.61. The summed E-state index contributed by atoms with van der Waals surface area (Å²) in [5.41, 5.74) is 0.628. The summed E-state index contributed by atoms with van der Waals surface area (Å²) in [5.74, 6) is 0.498. The molecule has 2 rings (SSSR count). The first kappa shape index (κ1) is 22.4. The van der Waals surface area contributed by atoms with Gasteiger partial charge in [-0.05, 0) is 45.0 Å². The van der Waals surface area contributed by atoms with E-state index in [0.29, 0.717) is 30.9 Å². The minimum absolute atomic E-state index is 0. The van der Waals surface area contributed by atoms with Crippen LogP contribution >= 0.6 is 12.4 Å². The van der Waals surface area contributed by atoms with Gasteiger partial charge in [-0.15, -0.1) is 12.4 Å². The third-order valence-corrected chi connectivity index (χ3v) is 5.32. The highest BCUT2D eigenvalue weighted by molar-refractivity contribution is 7.90. The van der Waals surface area contributed by atoms with Crippen LogP contribution in [0.2, 0.25) is 0 Å². The molecule has 0 saturated carbocycles. The molecule has 1 aromatic rings. The zero-order valence-electron chi connectivity index (χ0n) is 15.0. The molecule has 1 amide bonds. The molecule has 1 aromatic carbocycles. The Bertz CT molecular complexity index is 722. The number of benzene rings is 1. The molecule has 7 nitrogen and oxygen atoms in total. The smallest absolute Gasteiger partial charge is 0.263 e. The van der Waals surface area contributed by atoms with Crippen LogP contribution in [-0.2, 0) is 14.8 Å². The monoisotopic (exact) mass is 402 g/mol. The van der Waals surface area contributed by atoms with Crippen LogP contribution in [0.4, 0.5) is 0 Å². The number of hydrogen-bond donors (Lipinski definition) is 3. The molecule has 0 fully saturated rings. The quantitative estimate of drug-likeness (QED) is 0.515. The van der Waals surface area contributed by atoms with Crippen LogP contribution in [0.15, 0.2) is 34.2 Å². The number of rotatable bonds is 10. The minimum atomic E-state index is -3.46. The fourth-order valence-electron chi connectivity index (χ4n) is 2.60. The lowest BCUT2D eigenvalue weighted by Crippen LogP contribution is -2.26. The first-order chi connectivity index (χ1) is 12.0. The second kappa shape index (κ2) is 11.2. The molecule has 0 atom stereocenters. The Morgan fingerprint density at radius 3 is 2.65 bits per heavy atom. The summed E-state index contributed by atoms with van der Waals surface area (Å²) in [5, 5.41) is 5.93. The molecule has 146 valence electrons. The van der Waals surface area contributed by atoms with Gasteiger partial charge >= 0.3 is 0 Å². The molecule has 0 spiro atoms. The Morgan fingerprint density at radius 2 is 1.88 bits per heavy atom. The third-order valence-electron chi connectivity index (χ3n) is 3.92. The molecule has 0 radical (unpaired) electrons. The van der Waals surface area contributed by atoms with Gasteiger partial charge in [0.2, 0.25) is 5.91 Å². The Hall–Kier alpha value is -1.64. The van der Waals surface area contributed by atoms with Gasteiger partial charge in [0.25, 0.3) is 10.0 Å². The zero-order chi connectivity index (χ0) is 18.1. The van der Waals surface area contributed by atoms with Crippen molar-refractivity contribution in [1.29, 1.82) is 0 Å². The summed E-state index contributed by atoms with van der Waals surface area (Å²) < 4.78 is 26.4. The molecule has 0 aromatic heterocycles. The van der Waals surface area contributed by atoms with Gasteiger partial charge in [-0.3, -0.25) is 14.5 Å². The summed E-state index contributed by atoms with van der Waals surface area (Å²) in [4.78, 5) is 16.3. The summed E-state index contributed by atoms with van der Waals surface area (Å²) in [6.07, 6.45) is 3.96. The van der Waals surface area contributed by atoms with E-state index in [1.165, 1.54) is 0 Å². The molecule has 1 heterocycles. The van der Waals surface area contributed by atoms with Gasteiger partial charge in [-0.25, -0.2) is 8.42 Å². The topological polar surface area (TPSA) is 99.7 Å². The van der Waals surface area contributed by atoms with Gasteiger partial charge in [-0.2, -0.15) is 0 Å². The number of amides is 1. The predicted octanol–water partition coefficient (Wildman–Crippen LogP) is 1.43. The highest BCUT2D eigenvalue weighted by Gasteiger charge is 2.29. The number of sulfonamides is 1. The van der Waals surface area contributed by atoms with E-state index in [0.717, 1.165) is 32.2 Å². The van der Waals surface area contributed by atoms with Crippen molar-refractivity contribution < 1.29 is 13.2 Å². The molecule has 0 aliphatic carbocycles. The molecule has 9 heteroatoms. The van der Waals surface area contributed by atoms with Crippen LogP contribution in [0, 0.1) is 0 Å². The van der Waals surface area contributed by atoms with Gasteiger partial charge in [0, 0.05) is 25.1 Å². The number of amidine groups is 1. The van der Waals surface area contributed by atoms with E-state index in [-0.39, 0.29) is 23.2 Å². The SMILES string of the molecule is CNCCCNC(=O)CCCCCN=C1NS(=O)(=O)c2ccccc21.Cl. The normalized spacial score (nSPS) is 15.8. The number of halogens is 1. The van der Waals surface area contributed by atoms with Crippen LogP contribution in [0.5, 0.6) is 0 Å². The molecular weight excluding hydrogens is 376 g/mol. The van der Waals surface area contributed by atoms with E-state index in [9.17, 15) is 13.2 Å². The van der Waals surface area contributed by atoms with Crippen LogP contribution < -0.4 is 15.4 Å². The van der Waals surface area contributed by atoms with Gasteiger partial charge in [0.15, 0.2) is 0 Å². The highest BCUT2D eigenvalue weighted by atomic mass is 35.5. The lowest BCUT2D eigenvalue weighted by Gasteiger charge is -2.04. The fraction of sp³-hybridized carbons (Fsp3) is 0.529. The Morgan fingerprint density at radius 1 is 1.12 bits per heavy atom. The van der Waals surface area contributed by atoms with Crippen LogP contribution in [0.1, 0.15) is 37.7 Å². The van der Waals surface area contributed by atoms with Crippen LogP contribution in [0.25, 0.3) is 0 Å². The minimum Gasteiger partial charge on any atom is -0.356 e. The van der Waals surface area contributed by atoms with Crippen molar-refractivity contribution in [3.63, 3.8) is 0 Å². The first-order valence-electron chi connectivity index (χ1n) is 8.62. The van der Waals surface area contributed by atoms with E-state index in [2.05, 4.69) is 20.3 Å². The van der Waals surface area contributed by atoms with Crippen molar-refractivity contribution in [3.05, 3.63) is 29.8 Å². The van der Waals surface area contributed by atoms with Gasteiger partial charge < -0.3 is 10.6 Å². The summed E-state index contributed by atoms with van der Waals surface area (Å²) >= 11 is 0. The summed E-state index contributed by atoms with van der Waals surface area (Å²) in [7, 11) is -1.58. The highest BCUT2D eigenvalue weighted by Crippen LogP contribution is 2.22. The van der Waals surface area contributed by atoms with Crippen molar-refractivity contribution in [3.8, 4) is 0 Å². The molecule has 3 N–H and O–H groups in total. The van der Waals surface area contributed by atoms with Crippen molar-refractivity contribution in [2.24, 2.45) is 4.99 Å². The Labute approximate surface area is 161 Å². The number of aliphatic imine (C=N–C) groups is 1. The number of unbranched alkanes of at least 4 members (excludes halogenated alkanes) is 2. The number of carbonyl (C=O) groups is 1. The lowest BCUT2D eigenvalue weighted by molar-refractivity contribution is -0.121. The van der Waals surface area contributed by atoms with E-state index in [4.69, 9.17) is 0 Å². The number of fused-ring (bicyclic) bond motifs is 1. The van der Waals surface area contributed by atoms with Crippen LogP contribution in [-0.4, -0.2) is 46.8 Å². The van der Waals surface area contributed by atoms with E-state index in [1.807, 2.05) is 7.05 Å². The van der Waals surface area contributed by atoms with E-state index >= 15 is 0 Å². The summed E-state index contributed by atoms with van der Waals surface area (Å²) in [6, 6.07) is 6.83. The molecule has 0 saturated heterocycles. The van der Waals surface area contributed by atoms with Crippen molar-refractivity contribution >= 4 is 34.2 Å². The average molecular weight is 403 g/mol.